The van der Waals surface area contributed by atoms with Gasteiger partial charge in [0, 0.05) is 67.8 Å². The van der Waals surface area contributed by atoms with Crippen molar-refractivity contribution in [1.82, 2.24) is 19.9 Å². The number of nitrogen functional groups attached to an aromatic ring is 1. The minimum atomic E-state index is -5.80. The van der Waals surface area contributed by atoms with Crippen LogP contribution in [0.1, 0.15) is 69.0 Å². The van der Waals surface area contributed by atoms with E-state index in [1.165, 1.54) is 29.1 Å². The summed E-state index contributed by atoms with van der Waals surface area (Å²) in [4.78, 5) is 83.6. The summed E-state index contributed by atoms with van der Waals surface area (Å²) in [5.41, 5.74) is 6.76. The van der Waals surface area contributed by atoms with Crippen LogP contribution in [0.3, 0.4) is 0 Å². The van der Waals surface area contributed by atoms with Crippen molar-refractivity contribution in [3.63, 3.8) is 0 Å². The highest BCUT2D eigenvalue weighted by Gasteiger charge is 2.43. The molecule has 10 N–H and O–H groups in total. The highest BCUT2D eigenvalue weighted by molar-refractivity contribution is 7.85. The number of phosphoric acid groups is 3. The average molecular weight is 1060 g/mol. The largest absolute Gasteiger partial charge is 0.490 e. The smallest absolute Gasteiger partial charge is 0.422 e. The number of aryl methyl sites for hydroxylation is 1. The number of carbonyl (C=O) groups is 1. The molecule has 0 saturated carbocycles. The molecule has 1 aliphatic heterocycles. The minimum Gasteiger partial charge on any atom is -0.422 e. The predicted molar refractivity (Wildman–Crippen MR) is 249 cm³/mol. The molecular weight excluding hydrogens is 1010 g/mol. The Kier molecular flexibility index (Phi) is 17.2. The lowest BCUT2D eigenvalue weighted by Gasteiger charge is -2.20. The summed E-state index contributed by atoms with van der Waals surface area (Å²) >= 11 is 0. The molecule has 5 atom stereocenters. The number of nitrogens with zero attached hydrogens (tertiary/aromatic N) is 4. The number of rotatable bonds is 21. The van der Waals surface area contributed by atoms with E-state index in [0.717, 1.165) is 18.8 Å². The van der Waals surface area contributed by atoms with Crippen molar-refractivity contribution in [3.8, 4) is 11.8 Å². The van der Waals surface area contributed by atoms with Crippen LogP contribution < -0.4 is 31.7 Å². The molecule has 0 bridgehead atoms. The van der Waals surface area contributed by atoms with Gasteiger partial charge in [0.1, 0.15) is 24.5 Å². The zero-order valence-electron chi connectivity index (χ0n) is 37.2. The van der Waals surface area contributed by atoms with Gasteiger partial charge in [0.25, 0.3) is 15.7 Å². The fourth-order valence-corrected chi connectivity index (χ4v) is 10.9. The molecule has 0 radical (unpaired) electrons. The molecule has 1 fully saturated rings. The molecule has 0 aliphatic carbocycles. The number of phosphoric ester groups is 1. The first-order chi connectivity index (χ1) is 32.8. The molecule has 1 saturated heterocycles. The number of hydrogen-bond donors (Lipinski definition) is 9. The van der Waals surface area contributed by atoms with Gasteiger partial charge < -0.3 is 54.4 Å². The van der Waals surface area contributed by atoms with Crippen molar-refractivity contribution in [2.24, 2.45) is 0 Å². The fraction of sp³-hybridized carbons (Fsp3) is 0.375. The number of fused-ring (bicyclic) bond motifs is 2. The van der Waals surface area contributed by atoms with Crippen LogP contribution >= 0.6 is 23.5 Å². The average Bonchev–Trinajstić information content (AvgIpc) is 3.81. The quantitative estimate of drug-likeness (QED) is 0.0127. The third kappa shape index (κ3) is 14.4. The van der Waals surface area contributed by atoms with E-state index >= 15 is 0 Å². The second kappa shape index (κ2) is 22.4. The molecule has 1 aromatic carbocycles. The summed E-state index contributed by atoms with van der Waals surface area (Å²) in [5, 5.41) is 14.0. The van der Waals surface area contributed by atoms with Gasteiger partial charge in [-0.1, -0.05) is 11.8 Å². The normalized spacial score (nSPS) is 18.1. The number of carbonyl (C=O) groups excluding carboxylic acids is 1. The number of H-pyrrole nitrogens is 1. The standard InChI is InChI=1S/C40H48N7O19P3S/c1-3-45(4-2)29-14-11-25-19-26(39(51)64-32(25)20-29)12-13-28-15-16-30(70(59,60)61)23-46(28)18-7-5-6-10-34(49)42-17-8-9-27-22-47(37-36(27)38(50)44-40(41)43-37)35-21-31(48)33(63-35)24-62-68(55,56)66-69(57,58)65-67(52,53)54/h11-16,19-20,22-23,31,33,35,48H,3-7,10,17-18,21,24H2,1-2H3,(H8-,41,42,43,44,49,50,52,53,54,55,56,57,58,59,60,61)/p+1/t31-,33+,35+/m0/s1. The Balaban J connectivity index is 1.04. The number of aromatic nitrogens is 4. The van der Waals surface area contributed by atoms with E-state index in [9.17, 15) is 55.9 Å². The van der Waals surface area contributed by atoms with Gasteiger partial charge in [0.15, 0.2) is 16.7 Å². The Labute approximate surface area is 397 Å². The maximum absolute atomic E-state index is 13.0. The van der Waals surface area contributed by atoms with Gasteiger partial charge in [0.2, 0.25) is 17.5 Å². The molecule has 5 aromatic rings. The van der Waals surface area contributed by atoms with Crippen LogP contribution in [0, 0.1) is 11.8 Å². The van der Waals surface area contributed by atoms with Gasteiger partial charge in [-0.3, -0.25) is 23.6 Å². The number of nitrogens with one attached hydrogen (secondary N) is 2. The second-order valence-electron chi connectivity index (χ2n) is 15.5. The van der Waals surface area contributed by atoms with Gasteiger partial charge in [-0.2, -0.15) is 26.6 Å². The zero-order valence-corrected chi connectivity index (χ0v) is 40.7. The maximum Gasteiger partial charge on any atom is 0.490 e. The van der Waals surface area contributed by atoms with Gasteiger partial charge in [0.05, 0.1) is 35.8 Å². The summed E-state index contributed by atoms with van der Waals surface area (Å²) in [6.45, 7) is 4.82. The van der Waals surface area contributed by atoms with Crippen molar-refractivity contribution in [1.29, 1.82) is 0 Å². The lowest BCUT2D eigenvalue weighted by molar-refractivity contribution is -0.700. The van der Waals surface area contributed by atoms with Gasteiger partial charge >= 0.3 is 29.1 Å². The maximum atomic E-state index is 13.0. The Morgan fingerprint density at radius 3 is 2.50 bits per heavy atom. The Morgan fingerprint density at radius 1 is 1.06 bits per heavy atom. The molecule has 26 nitrogen and oxygen atoms in total. The van der Waals surface area contributed by atoms with Gasteiger partial charge in [-0.25, -0.2) is 18.5 Å². The van der Waals surface area contributed by atoms with E-state index < -0.39 is 69.8 Å². The van der Waals surface area contributed by atoms with Crippen LogP contribution in [-0.4, -0.2) is 96.5 Å². The molecule has 4 aromatic heterocycles. The summed E-state index contributed by atoms with van der Waals surface area (Å²) < 4.78 is 94.7. The van der Waals surface area contributed by atoms with Crippen LogP contribution in [0.2, 0.25) is 0 Å². The highest BCUT2D eigenvalue weighted by atomic mass is 32.2. The minimum absolute atomic E-state index is 0.0339. The molecular formula is C40H49N7O19P3S+. The predicted octanol–water partition coefficient (Wildman–Crippen LogP) is 2.68. The van der Waals surface area contributed by atoms with E-state index in [0.29, 0.717) is 35.9 Å². The first kappa shape index (κ1) is 54.0. The number of ether oxygens (including phenoxy) is 1. The molecule has 70 heavy (non-hydrogen) atoms. The highest BCUT2D eigenvalue weighted by Crippen LogP contribution is 2.66. The number of pyridine rings is 1. The fourth-order valence-electron chi connectivity index (χ4n) is 7.33. The Bertz CT molecular complexity index is 3250. The van der Waals surface area contributed by atoms with E-state index in [2.05, 4.69) is 45.2 Å². The molecule has 6 rings (SSSR count). The molecule has 1 amide bonds. The van der Waals surface area contributed by atoms with Crippen LogP contribution in [-0.2, 0) is 53.0 Å². The number of aromatic amines is 1. The number of unbranched alkanes of at least 4 members (excludes halogenated alkanes) is 2. The molecule has 1 aliphatic rings. The molecule has 5 heterocycles. The van der Waals surface area contributed by atoms with Crippen LogP contribution in [0.4, 0.5) is 11.6 Å². The molecule has 0 spiro atoms. The van der Waals surface area contributed by atoms with Crippen LogP contribution in [0.15, 0.2) is 67.7 Å². The van der Waals surface area contributed by atoms with Crippen LogP contribution in [0.5, 0.6) is 0 Å². The van der Waals surface area contributed by atoms with Crippen molar-refractivity contribution < 1.29 is 83.0 Å². The monoisotopic (exact) mass is 1060 g/mol. The van der Waals surface area contributed by atoms with Gasteiger partial charge in [-0.15, -0.1) is 0 Å². The molecule has 30 heteroatoms. The van der Waals surface area contributed by atoms with E-state index in [-0.39, 0.29) is 64.8 Å². The van der Waals surface area contributed by atoms with Crippen LogP contribution in [0.25, 0.3) is 34.2 Å². The topological polar surface area (TPSA) is 387 Å². The second-order valence-corrected chi connectivity index (χ2v) is 21.3. The summed E-state index contributed by atoms with van der Waals surface area (Å²) in [6, 6.07) is 10.1. The number of hydrogen-bond acceptors (Lipinski definition) is 17. The molecule has 2 unspecified atom stereocenters. The zero-order chi connectivity index (χ0) is 51.2. The number of benzene rings is 1. The van der Waals surface area contributed by atoms with Crippen molar-refractivity contribution in [2.75, 3.05) is 36.9 Å². The summed E-state index contributed by atoms with van der Waals surface area (Å²) in [7, 11) is -21.5. The number of aliphatic hydroxyl groups excluding tert-OH is 1. The third-order valence-electron chi connectivity index (χ3n) is 10.6. The first-order valence-corrected chi connectivity index (χ1v) is 27.1. The van der Waals surface area contributed by atoms with E-state index in [1.54, 1.807) is 22.8 Å². The lowest BCUT2D eigenvalue weighted by atomic mass is 10.1. The number of nitrogens with two attached hydrogens (primary N) is 1. The Morgan fingerprint density at radius 2 is 1.80 bits per heavy atom. The van der Waals surface area contributed by atoms with E-state index in [1.807, 2.05) is 32.0 Å². The van der Waals surface area contributed by atoms with E-state index in [4.69, 9.17) is 24.7 Å². The Hall–Kier alpha value is -5.39. The number of aliphatic hydroxyl groups is 1. The third-order valence-corrected chi connectivity index (χ3v) is 15.2. The van der Waals surface area contributed by atoms with Gasteiger partial charge in [-0.05, 0) is 57.0 Å². The van der Waals surface area contributed by atoms with Crippen molar-refractivity contribution in [3.05, 3.63) is 86.4 Å². The van der Waals surface area contributed by atoms with Crippen molar-refractivity contribution in [2.45, 2.75) is 75.8 Å². The lowest BCUT2D eigenvalue weighted by Crippen LogP contribution is -2.37. The number of amides is 1. The first-order valence-electron chi connectivity index (χ1n) is 21.1. The summed E-state index contributed by atoms with van der Waals surface area (Å²) in [6.07, 6.45) is 3.24. The molecule has 378 valence electrons. The van der Waals surface area contributed by atoms with Crippen molar-refractivity contribution >= 4 is 85.3 Å². The SMILES string of the molecule is CCN(CC)c1ccc2cc(/C=C/c3ccc(S(=O)(=O)O)c[n+]3CCCCCC(=O)NCC#Cc3cn([C@H]4C[C@H](O)[C@@H](COP(=O)(O)OP(=O)(O)OP(=O)(O)O)O4)c4nc(N)[nH]c(=O)c34)c(=O)oc2c1. The number of anilines is 2. The summed E-state index contributed by atoms with van der Waals surface area (Å²) in [5.74, 6) is 4.90.